The van der Waals surface area contributed by atoms with Gasteiger partial charge >= 0.3 is 0 Å². The van der Waals surface area contributed by atoms with Crippen LogP contribution in [0.2, 0.25) is 0 Å². The molecule has 2 aromatic rings. The number of nitrogens with zero attached hydrogens (tertiary/aromatic N) is 3. The minimum Gasteiger partial charge on any atom is -0.328 e. The van der Waals surface area contributed by atoms with Gasteiger partial charge in [-0.15, -0.1) is 5.10 Å². The molecule has 1 aliphatic rings. The third-order valence-electron chi connectivity index (χ3n) is 3.51. The molecule has 18 heavy (non-hydrogen) atoms. The Morgan fingerprint density at radius 2 is 2.17 bits per heavy atom. The number of aromatic nitrogens is 3. The fourth-order valence-corrected chi connectivity index (χ4v) is 2.66. The van der Waals surface area contributed by atoms with Gasteiger partial charge in [-0.05, 0) is 37.5 Å². The van der Waals surface area contributed by atoms with Crippen molar-refractivity contribution in [2.75, 3.05) is 0 Å². The highest BCUT2D eigenvalue weighted by Crippen LogP contribution is 2.31. The Morgan fingerprint density at radius 3 is 2.89 bits per heavy atom. The lowest BCUT2D eigenvalue weighted by molar-refractivity contribution is 0.243. The third kappa shape index (κ3) is 2.08. The van der Waals surface area contributed by atoms with Gasteiger partial charge in [-0.2, -0.15) is 0 Å². The summed E-state index contributed by atoms with van der Waals surface area (Å²) in [6.07, 6.45) is 4.02. The highest BCUT2D eigenvalue weighted by atomic mass is 79.9. The Balaban J connectivity index is 1.90. The molecule has 5 heteroatoms. The smallest absolute Gasteiger partial charge is 0.113 e. The summed E-state index contributed by atoms with van der Waals surface area (Å²) in [6, 6.07) is 6.95. The maximum atomic E-state index is 5.80. The molecule has 1 aromatic carbocycles. The lowest BCUT2D eigenvalue weighted by Gasteiger charge is -2.31. The van der Waals surface area contributed by atoms with E-state index >= 15 is 0 Å². The number of hydrogen-bond acceptors (Lipinski definition) is 3. The van der Waals surface area contributed by atoms with Crippen molar-refractivity contribution in [2.45, 2.75) is 31.8 Å². The first-order valence-electron chi connectivity index (χ1n) is 6.07. The zero-order valence-electron chi connectivity index (χ0n) is 10.2. The highest BCUT2D eigenvalue weighted by molar-refractivity contribution is 9.10. The molecular formula is C13H15BrN4. The van der Waals surface area contributed by atoms with Gasteiger partial charge in [0, 0.05) is 16.1 Å². The summed E-state index contributed by atoms with van der Waals surface area (Å²) in [5.41, 5.74) is 9.05. The Morgan fingerprint density at radius 1 is 1.39 bits per heavy atom. The van der Waals surface area contributed by atoms with E-state index in [0.717, 1.165) is 28.6 Å². The van der Waals surface area contributed by atoms with E-state index in [9.17, 15) is 0 Å². The monoisotopic (exact) mass is 306 g/mol. The summed E-state index contributed by atoms with van der Waals surface area (Å²) >= 11 is 3.49. The molecule has 0 unspecified atom stereocenters. The lowest BCUT2D eigenvalue weighted by atomic mass is 9.88. The molecule has 0 bridgehead atoms. The standard InChI is InChI=1S/C13H15BrN4/c1-8-2-3-9(14)4-12(8)13-7-18(17-16-13)11-5-10(15)6-11/h2-4,7,10-11H,5-6,15H2,1H3. The average molecular weight is 307 g/mol. The molecule has 1 fully saturated rings. The van der Waals surface area contributed by atoms with Gasteiger partial charge in [0.05, 0.1) is 12.2 Å². The fraction of sp³-hybridized carbons (Fsp3) is 0.385. The summed E-state index contributed by atoms with van der Waals surface area (Å²) in [6.45, 7) is 2.08. The predicted octanol–water partition coefficient (Wildman–Crippen LogP) is 2.68. The van der Waals surface area contributed by atoms with E-state index in [1.165, 1.54) is 5.56 Å². The largest absolute Gasteiger partial charge is 0.328 e. The summed E-state index contributed by atoms with van der Waals surface area (Å²) < 4.78 is 3.00. The first-order chi connectivity index (χ1) is 8.63. The molecule has 94 valence electrons. The van der Waals surface area contributed by atoms with Gasteiger partial charge in [0.1, 0.15) is 5.69 Å². The molecule has 3 rings (SSSR count). The predicted molar refractivity (Wildman–Crippen MR) is 74.1 cm³/mol. The van der Waals surface area contributed by atoms with E-state index in [-0.39, 0.29) is 0 Å². The Hall–Kier alpha value is -1.20. The number of nitrogens with two attached hydrogens (primary N) is 1. The Kier molecular flexibility index (Phi) is 2.95. The number of rotatable bonds is 2. The molecule has 1 aromatic heterocycles. The van der Waals surface area contributed by atoms with Crippen molar-refractivity contribution in [1.82, 2.24) is 15.0 Å². The van der Waals surface area contributed by atoms with Crippen LogP contribution in [0, 0.1) is 6.92 Å². The summed E-state index contributed by atoms with van der Waals surface area (Å²) in [5.74, 6) is 0. The van der Waals surface area contributed by atoms with Crippen molar-refractivity contribution in [3.63, 3.8) is 0 Å². The summed E-state index contributed by atoms with van der Waals surface area (Å²) in [5, 5.41) is 8.48. The van der Waals surface area contributed by atoms with E-state index in [1.54, 1.807) is 0 Å². The zero-order chi connectivity index (χ0) is 12.7. The third-order valence-corrected chi connectivity index (χ3v) is 4.00. The quantitative estimate of drug-likeness (QED) is 0.928. The molecular weight excluding hydrogens is 292 g/mol. The van der Waals surface area contributed by atoms with Crippen molar-refractivity contribution < 1.29 is 0 Å². The van der Waals surface area contributed by atoms with E-state index in [4.69, 9.17) is 5.73 Å². The van der Waals surface area contributed by atoms with Gasteiger partial charge in [0.15, 0.2) is 0 Å². The van der Waals surface area contributed by atoms with Gasteiger partial charge in [-0.1, -0.05) is 27.2 Å². The van der Waals surface area contributed by atoms with Crippen LogP contribution in [0.3, 0.4) is 0 Å². The van der Waals surface area contributed by atoms with Crippen LogP contribution < -0.4 is 5.73 Å². The van der Waals surface area contributed by atoms with Gasteiger partial charge in [-0.25, -0.2) is 4.68 Å². The zero-order valence-corrected chi connectivity index (χ0v) is 11.8. The van der Waals surface area contributed by atoms with Crippen LogP contribution in [-0.2, 0) is 0 Å². The minimum absolute atomic E-state index is 0.329. The number of hydrogen-bond donors (Lipinski definition) is 1. The van der Waals surface area contributed by atoms with Crippen molar-refractivity contribution >= 4 is 15.9 Å². The SMILES string of the molecule is Cc1ccc(Br)cc1-c1cn(C2CC(N)C2)nn1. The van der Waals surface area contributed by atoms with Gasteiger partial charge in [-0.3, -0.25) is 0 Å². The topological polar surface area (TPSA) is 56.7 Å². The highest BCUT2D eigenvalue weighted by Gasteiger charge is 2.28. The number of aryl methyl sites for hydroxylation is 1. The first kappa shape index (κ1) is 11.9. The second kappa shape index (κ2) is 4.48. The number of benzene rings is 1. The second-order valence-electron chi connectivity index (χ2n) is 4.93. The van der Waals surface area contributed by atoms with Crippen LogP contribution in [0.4, 0.5) is 0 Å². The van der Waals surface area contributed by atoms with Crippen molar-refractivity contribution in [3.05, 3.63) is 34.4 Å². The molecule has 0 atom stereocenters. The van der Waals surface area contributed by atoms with E-state index in [0.29, 0.717) is 12.1 Å². The van der Waals surface area contributed by atoms with Gasteiger partial charge in [0.2, 0.25) is 0 Å². The van der Waals surface area contributed by atoms with Crippen molar-refractivity contribution in [2.24, 2.45) is 5.73 Å². The Bertz CT molecular complexity index is 572. The van der Waals surface area contributed by atoms with Crippen LogP contribution >= 0.6 is 15.9 Å². The lowest BCUT2D eigenvalue weighted by Crippen LogP contribution is -2.37. The molecule has 0 aliphatic heterocycles. The van der Waals surface area contributed by atoms with Gasteiger partial charge < -0.3 is 5.73 Å². The van der Waals surface area contributed by atoms with E-state index in [1.807, 2.05) is 16.9 Å². The Labute approximate surface area is 114 Å². The molecule has 0 spiro atoms. The van der Waals surface area contributed by atoms with Crippen molar-refractivity contribution in [3.8, 4) is 11.3 Å². The average Bonchev–Trinajstić information content (AvgIpc) is 2.77. The fourth-order valence-electron chi connectivity index (χ4n) is 2.29. The molecule has 1 aliphatic carbocycles. The summed E-state index contributed by atoms with van der Waals surface area (Å²) in [4.78, 5) is 0. The molecule has 0 amide bonds. The molecule has 2 N–H and O–H groups in total. The molecule has 4 nitrogen and oxygen atoms in total. The van der Waals surface area contributed by atoms with Gasteiger partial charge in [0.25, 0.3) is 0 Å². The van der Waals surface area contributed by atoms with E-state index < -0.39 is 0 Å². The van der Waals surface area contributed by atoms with Crippen molar-refractivity contribution in [1.29, 1.82) is 0 Å². The first-order valence-corrected chi connectivity index (χ1v) is 6.87. The summed E-state index contributed by atoms with van der Waals surface area (Å²) in [7, 11) is 0. The van der Waals surface area contributed by atoms with Crippen LogP contribution in [0.5, 0.6) is 0 Å². The maximum absolute atomic E-state index is 5.80. The molecule has 1 saturated carbocycles. The normalized spacial score (nSPS) is 22.8. The van der Waals surface area contributed by atoms with Crippen LogP contribution in [0.15, 0.2) is 28.9 Å². The maximum Gasteiger partial charge on any atom is 0.113 e. The van der Waals surface area contributed by atoms with Crippen LogP contribution in [0.1, 0.15) is 24.4 Å². The van der Waals surface area contributed by atoms with E-state index in [2.05, 4.69) is 45.3 Å². The second-order valence-corrected chi connectivity index (χ2v) is 5.84. The van der Waals surface area contributed by atoms with Crippen LogP contribution in [-0.4, -0.2) is 21.0 Å². The minimum atomic E-state index is 0.329. The molecule has 1 heterocycles. The molecule has 0 saturated heterocycles. The van der Waals surface area contributed by atoms with Crippen LogP contribution in [0.25, 0.3) is 11.3 Å². The number of halogens is 1. The molecule has 0 radical (unpaired) electrons.